The van der Waals surface area contributed by atoms with E-state index in [1.165, 1.54) is 19.3 Å². The van der Waals surface area contributed by atoms with Crippen LogP contribution in [0.4, 0.5) is 0 Å². The normalized spacial score (nSPS) is 32.2. The van der Waals surface area contributed by atoms with Crippen molar-refractivity contribution in [1.29, 1.82) is 5.26 Å². The van der Waals surface area contributed by atoms with Gasteiger partial charge in [0.1, 0.15) is 0 Å². The lowest BCUT2D eigenvalue weighted by molar-refractivity contribution is 0.438. The molecule has 2 fully saturated rings. The largest absolute Gasteiger partial charge is 0.313 e. The Morgan fingerprint density at radius 3 is 2.46 bits per heavy atom. The first-order chi connectivity index (χ1) is 6.08. The third-order valence-electron chi connectivity index (χ3n) is 3.65. The third kappa shape index (κ3) is 1.86. The van der Waals surface area contributed by atoms with Crippen LogP contribution in [0.1, 0.15) is 39.5 Å². The summed E-state index contributed by atoms with van der Waals surface area (Å²) in [7, 11) is 0. The number of nitrogens with one attached hydrogen (secondary N) is 1. The number of hydrogen-bond acceptors (Lipinski definition) is 2. The van der Waals surface area contributed by atoms with E-state index in [1.54, 1.807) is 0 Å². The van der Waals surface area contributed by atoms with Crippen molar-refractivity contribution in [2.24, 2.45) is 10.8 Å². The average Bonchev–Trinajstić information content (AvgIpc) is 2.89. The average molecular weight is 178 g/mol. The number of rotatable bonds is 4. The zero-order valence-electron chi connectivity index (χ0n) is 8.56. The first-order valence-corrected chi connectivity index (χ1v) is 5.18. The predicted octanol–water partition coefficient (Wildman–Crippen LogP) is 2.07. The molecule has 0 radical (unpaired) electrons. The molecule has 0 saturated heterocycles. The Bertz CT molecular complexity index is 245. The molecule has 2 rings (SSSR count). The minimum Gasteiger partial charge on any atom is -0.313 e. The highest BCUT2D eigenvalue weighted by atomic mass is 15.0. The molecular formula is C11H18N2. The standard InChI is InChI=1S/C11H18N2/c1-10(2)7-9(10)13-8-11(3-4-11)5-6-12/h9,13H,3-5,7-8H2,1-2H3. The van der Waals surface area contributed by atoms with Crippen LogP contribution in [0.3, 0.4) is 0 Å². The summed E-state index contributed by atoms with van der Waals surface area (Å²) in [4.78, 5) is 0. The second kappa shape index (κ2) is 2.72. The first-order valence-electron chi connectivity index (χ1n) is 5.18. The van der Waals surface area contributed by atoms with Crippen LogP contribution in [0.25, 0.3) is 0 Å². The summed E-state index contributed by atoms with van der Waals surface area (Å²) in [5.41, 5.74) is 0.885. The van der Waals surface area contributed by atoms with Gasteiger partial charge in [-0.05, 0) is 30.1 Å². The molecule has 1 atom stereocenters. The molecule has 0 bridgehead atoms. The smallest absolute Gasteiger partial charge is 0.0628 e. The zero-order valence-corrected chi connectivity index (χ0v) is 8.56. The van der Waals surface area contributed by atoms with Crippen LogP contribution in [-0.4, -0.2) is 12.6 Å². The molecule has 13 heavy (non-hydrogen) atoms. The summed E-state index contributed by atoms with van der Waals surface area (Å²) in [6.45, 7) is 5.66. The molecule has 1 N–H and O–H groups in total. The van der Waals surface area contributed by atoms with E-state index in [2.05, 4.69) is 25.2 Å². The van der Waals surface area contributed by atoms with Gasteiger partial charge in [-0.2, -0.15) is 5.26 Å². The quantitative estimate of drug-likeness (QED) is 0.715. The highest BCUT2D eigenvalue weighted by Crippen LogP contribution is 2.50. The predicted molar refractivity (Wildman–Crippen MR) is 52.1 cm³/mol. The van der Waals surface area contributed by atoms with Gasteiger partial charge in [0.05, 0.1) is 6.07 Å². The summed E-state index contributed by atoms with van der Waals surface area (Å²) in [6, 6.07) is 3.01. The molecule has 0 aliphatic heterocycles. The fourth-order valence-corrected chi connectivity index (χ4v) is 1.92. The molecule has 2 saturated carbocycles. The van der Waals surface area contributed by atoms with Crippen LogP contribution in [0.5, 0.6) is 0 Å². The highest BCUT2D eigenvalue weighted by molar-refractivity contribution is 5.06. The van der Waals surface area contributed by atoms with Crippen LogP contribution in [-0.2, 0) is 0 Å². The molecule has 0 aromatic carbocycles. The Kier molecular flexibility index (Phi) is 1.89. The second-order valence-electron chi connectivity index (χ2n) is 5.46. The molecule has 2 heteroatoms. The third-order valence-corrected chi connectivity index (χ3v) is 3.65. The molecule has 72 valence electrons. The monoisotopic (exact) mass is 178 g/mol. The van der Waals surface area contributed by atoms with Gasteiger partial charge in [-0.25, -0.2) is 0 Å². The van der Waals surface area contributed by atoms with E-state index in [4.69, 9.17) is 5.26 Å². The van der Waals surface area contributed by atoms with Crippen LogP contribution < -0.4 is 5.32 Å². The van der Waals surface area contributed by atoms with Crippen molar-refractivity contribution in [1.82, 2.24) is 5.32 Å². The molecule has 0 spiro atoms. The van der Waals surface area contributed by atoms with E-state index in [9.17, 15) is 0 Å². The minimum absolute atomic E-state index is 0.368. The second-order valence-corrected chi connectivity index (χ2v) is 5.46. The van der Waals surface area contributed by atoms with Gasteiger partial charge in [0.25, 0.3) is 0 Å². The Morgan fingerprint density at radius 1 is 1.46 bits per heavy atom. The summed E-state index contributed by atoms with van der Waals surface area (Å²) >= 11 is 0. The fourth-order valence-electron chi connectivity index (χ4n) is 1.92. The Hall–Kier alpha value is -0.550. The van der Waals surface area contributed by atoms with E-state index < -0.39 is 0 Å². The van der Waals surface area contributed by atoms with Crippen molar-refractivity contribution in [3.05, 3.63) is 0 Å². The summed E-state index contributed by atoms with van der Waals surface area (Å²) in [5.74, 6) is 0. The highest BCUT2D eigenvalue weighted by Gasteiger charge is 2.48. The SMILES string of the molecule is CC1(C)CC1NCC1(CC#N)CC1. The lowest BCUT2D eigenvalue weighted by Gasteiger charge is -2.13. The van der Waals surface area contributed by atoms with Crippen LogP contribution in [0.15, 0.2) is 0 Å². The molecule has 2 aliphatic rings. The molecule has 0 heterocycles. The van der Waals surface area contributed by atoms with E-state index in [-0.39, 0.29) is 0 Å². The molecular weight excluding hydrogens is 160 g/mol. The van der Waals surface area contributed by atoms with Gasteiger partial charge in [0.15, 0.2) is 0 Å². The maximum absolute atomic E-state index is 8.65. The van der Waals surface area contributed by atoms with Gasteiger partial charge in [-0.1, -0.05) is 13.8 Å². The van der Waals surface area contributed by atoms with E-state index >= 15 is 0 Å². The summed E-state index contributed by atoms with van der Waals surface area (Å²) in [5, 5.41) is 12.2. The van der Waals surface area contributed by atoms with E-state index in [0.717, 1.165) is 13.0 Å². The first kappa shape index (κ1) is 9.02. The number of nitrogens with zero attached hydrogens (tertiary/aromatic N) is 1. The van der Waals surface area contributed by atoms with Crippen molar-refractivity contribution in [3.8, 4) is 6.07 Å². The van der Waals surface area contributed by atoms with Crippen LogP contribution in [0.2, 0.25) is 0 Å². The maximum Gasteiger partial charge on any atom is 0.0628 e. The van der Waals surface area contributed by atoms with Crippen molar-refractivity contribution in [3.63, 3.8) is 0 Å². The molecule has 0 amide bonds. The molecule has 2 aliphatic carbocycles. The zero-order chi connectivity index (χ0) is 9.53. The van der Waals surface area contributed by atoms with Gasteiger partial charge in [-0.15, -0.1) is 0 Å². The van der Waals surface area contributed by atoms with Crippen molar-refractivity contribution < 1.29 is 0 Å². The molecule has 1 unspecified atom stereocenters. The van der Waals surface area contributed by atoms with Gasteiger partial charge in [-0.3, -0.25) is 0 Å². The summed E-state index contributed by atoms with van der Waals surface area (Å²) < 4.78 is 0. The Morgan fingerprint density at radius 2 is 2.08 bits per heavy atom. The lowest BCUT2D eigenvalue weighted by atomic mass is 10.0. The minimum atomic E-state index is 0.368. The maximum atomic E-state index is 8.65. The van der Waals surface area contributed by atoms with Gasteiger partial charge >= 0.3 is 0 Å². The Labute approximate surface area is 80.3 Å². The molecule has 2 nitrogen and oxygen atoms in total. The topological polar surface area (TPSA) is 35.8 Å². The summed E-state index contributed by atoms with van der Waals surface area (Å²) in [6.07, 6.45) is 4.55. The molecule has 0 aromatic heterocycles. The van der Waals surface area contributed by atoms with E-state index in [1.807, 2.05) is 0 Å². The number of hydrogen-bond donors (Lipinski definition) is 1. The van der Waals surface area contributed by atoms with Crippen LogP contribution >= 0.6 is 0 Å². The van der Waals surface area contributed by atoms with Crippen molar-refractivity contribution in [2.75, 3.05) is 6.54 Å². The Balaban J connectivity index is 1.72. The molecule has 0 aromatic rings. The van der Waals surface area contributed by atoms with Crippen molar-refractivity contribution >= 4 is 0 Å². The van der Waals surface area contributed by atoms with Crippen LogP contribution in [0, 0.1) is 22.2 Å². The van der Waals surface area contributed by atoms with Gasteiger partial charge in [0.2, 0.25) is 0 Å². The van der Waals surface area contributed by atoms with Crippen molar-refractivity contribution in [2.45, 2.75) is 45.6 Å². The van der Waals surface area contributed by atoms with E-state index in [0.29, 0.717) is 16.9 Å². The van der Waals surface area contributed by atoms with Gasteiger partial charge in [0, 0.05) is 19.0 Å². The fraction of sp³-hybridized carbons (Fsp3) is 0.909. The van der Waals surface area contributed by atoms with Gasteiger partial charge < -0.3 is 5.32 Å². The lowest BCUT2D eigenvalue weighted by Crippen LogP contribution is -2.28. The number of nitriles is 1.